The Morgan fingerprint density at radius 2 is 2.11 bits per heavy atom. The third kappa shape index (κ3) is 4.02. The van der Waals surface area contributed by atoms with E-state index >= 15 is 0 Å². The van der Waals surface area contributed by atoms with Crippen LogP contribution in [0.5, 0.6) is 0 Å². The zero-order valence-corrected chi connectivity index (χ0v) is 12.5. The number of nitrogens with zero attached hydrogens (tertiary/aromatic N) is 2. The van der Waals surface area contributed by atoms with Crippen LogP contribution in [0.4, 0.5) is 0 Å². The van der Waals surface area contributed by atoms with Crippen LogP contribution in [0.2, 0.25) is 0 Å². The van der Waals surface area contributed by atoms with Gasteiger partial charge in [0.15, 0.2) is 0 Å². The largest absolute Gasteiger partial charge is 0.307 e. The van der Waals surface area contributed by atoms with E-state index in [1.54, 1.807) is 0 Å². The highest BCUT2D eigenvalue weighted by Gasteiger charge is 2.24. The third-order valence-electron chi connectivity index (χ3n) is 4.48. The lowest BCUT2D eigenvalue weighted by Crippen LogP contribution is -2.42. The van der Waals surface area contributed by atoms with Crippen LogP contribution in [-0.2, 0) is 0 Å². The molecule has 0 bridgehead atoms. The molecule has 3 heteroatoms. The van der Waals surface area contributed by atoms with Crippen LogP contribution in [0.1, 0.15) is 45.2 Å². The predicted molar refractivity (Wildman–Crippen MR) is 80.1 cm³/mol. The van der Waals surface area contributed by atoms with Crippen molar-refractivity contribution in [1.82, 2.24) is 15.2 Å². The first-order valence-corrected chi connectivity index (χ1v) is 7.59. The monoisotopic (exact) mass is 261 g/mol. The highest BCUT2D eigenvalue weighted by Crippen LogP contribution is 2.22. The molecule has 2 heterocycles. The summed E-state index contributed by atoms with van der Waals surface area (Å²) in [6.45, 7) is 10.5. The van der Waals surface area contributed by atoms with E-state index in [9.17, 15) is 0 Å². The van der Waals surface area contributed by atoms with Gasteiger partial charge in [-0.15, -0.1) is 0 Å². The zero-order chi connectivity index (χ0) is 13.7. The fourth-order valence-corrected chi connectivity index (χ4v) is 3.03. The summed E-state index contributed by atoms with van der Waals surface area (Å²) in [7, 11) is 0. The van der Waals surface area contributed by atoms with Crippen LogP contribution in [0.3, 0.4) is 0 Å². The summed E-state index contributed by atoms with van der Waals surface area (Å²) in [5, 5.41) is 3.74. The second-order valence-corrected chi connectivity index (χ2v) is 5.74. The number of pyridine rings is 1. The van der Waals surface area contributed by atoms with Crippen LogP contribution in [0.25, 0.3) is 0 Å². The van der Waals surface area contributed by atoms with Crippen molar-refractivity contribution in [3.8, 4) is 0 Å². The van der Waals surface area contributed by atoms with Crippen molar-refractivity contribution in [2.45, 2.75) is 45.7 Å². The van der Waals surface area contributed by atoms with Crippen LogP contribution >= 0.6 is 0 Å². The summed E-state index contributed by atoms with van der Waals surface area (Å²) in [5.41, 5.74) is 1.28. The molecule has 1 unspecified atom stereocenters. The minimum atomic E-state index is 0.382. The first-order chi connectivity index (χ1) is 9.20. The first kappa shape index (κ1) is 14.5. The summed E-state index contributed by atoms with van der Waals surface area (Å²) in [4.78, 5) is 6.75. The van der Waals surface area contributed by atoms with Crippen LogP contribution in [-0.4, -0.2) is 35.6 Å². The Balaban J connectivity index is 1.83. The first-order valence-electron chi connectivity index (χ1n) is 7.59. The molecule has 1 aromatic heterocycles. The second-order valence-electron chi connectivity index (χ2n) is 5.74. The number of likely N-dealkylation sites (tertiary alicyclic amines) is 1. The van der Waals surface area contributed by atoms with Crippen molar-refractivity contribution in [3.63, 3.8) is 0 Å². The molecule has 0 aliphatic carbocycles. The van der Waals surface area contributed by atoms with E-state index in [1.165, 1.54) is 38.0 Å². The lowest BCUT2D eigenvalue weighted by atomic mass is 9.89. The SMILES string of the molecule is CCN1CCC(C(C)N[C@@H](C)c2cccnc2)CC1. The van der Waals surface area contributed by atoms with Gasteiger partial charge in [0.25, 0.3) is 0 Å². The highest BCUT2D eigenvalue weighted by atomic mass is 15.1. The van der Waals surface area contributed by atoms with Gasteiger partial charge in [-0.25, -0.2) is 0 Å². The minimum Gasteiger partial charge on any atom is -0.307 e. The minimum absolute atomic E-state index is 0.382. The summed E-state index contributed by atoms with van der Waals surface area (Å²) in [6.07, 6.45) is 6.44. The van der Waals surface area contributed by atoms with Gasteiger partial charge in [-0.05, 0) is 63.9 Å². The molecule has 1 N–H and O–H groups in total. The quantitative estimate of drug-likeness (QED) is 0.883. The van der Waals surface area contributed by atoms with E-state index in [0.717, 1.165) is 5.92 Å². The van der Waals surface area contributed by atoms with Gasteiger partial charge in [-0.3, -0.25) is 4.98 Å². The van der Waals surface area contributed by atoms with Crippen molar-refractivity contribution >= 4 is 0 Å². The van der Waals surface area contributed by atoms with Gasteiger partial charge in [-0.1, -0.05) is 13.0 Å². The molecule has 0 radical (unpaired) electrons. The average molecular weight is 261 g/mol. The molecular weight excluding hydrogens is 234 g/mol. The summed E-state index contributed by atoms with van der Waals surface area (Å²) >= 11 is 0. The number of hydrogen-bond donors (Lipinski definition) is 1. The highest BCUT2D eigenvalue weighted by molar-refractivity contribution is 5.13. The Bertz CT molecular complexity index is 358. The number of aromatic nitrogens is 1. The number of hydrogen-bond acceptors (Lipinski definition) is 3. The van der Waals surface area contributed by atoms with Crippen molar-refractivity contribution in [3.05, 3.63) is 30.1 Å². The van der Waals surface area contributed by atoms with Crippen LogP contribution in [0, 0.1) is 5.92 Å². The van der Waals surface area contributed by atoms with E-state index in [-0.39, 0.29) is 0 Å². The molecule has 1 aromatic rings. The Morgan fingerprint density at radius 3 is 2.68 bits per heavy atom. The molecule has 1 aliphatic heterocycles. The zero-order valence-electron chi connectivity index (χ0n) is 12.5. The van der Waals surface area contributed by atoms with Gasteiger partial charge in [0.2, 0.25) is 0 Å². The van der Waals surface area contributed by atoms with Gasteiger partial charge in [-0.2, -0.15) is 0 Å². The van der Waals surface area contributed by atoms with E-state index in [4.69, 9.17) is 0 Å². The van der Waals surface area contributed by atoms with Gasteiger partial charge >= 0.3 is 0 Å². The van der Waals surface area contributed by atoms with Crippen molar-refractivity contribution in [2.24, 2.45) is 5.92 Å². The summed E-state index contributed by atoms with van der Waals surface area (Å²) in [6, 6.07) is 5.12. The molecule has 106 valence electrons. The number of rotatable bonds is 5. The molecule has 2 rings (SSSR count). The predicted octanol–water partition coefficient (Wildman–Crippen LogP) is 2.85. The maximum absolute atomic E-state index is 4.20. The Morgan fingerprint density at radius 1 is 1.37 bits per heavy atom. The summed E-state index contributed by atoms with van der Waals surface area (Å²) in [5.74, 6) is 0.807. The third-order valence-corrected chi connectivity index (χ3v) is 4.48. The van der Waals surface area contributed by atoms with E-state index < -0.39 is 0 Å². The molecule has 0 spiro atoms. The Hall–Kier alpha value is -0.930. The van der Waals surface area contributed by atoms with E-state index in [0.29, 0.717) is 12.1 Å². The normalized spacial score (nSPS) is 21.2. The molecule has 0 saturated carbocycles. The topological polar surface area (TPSA) is 28.2 Å². The van der Waals surface area contributed by atoms with E-state index in [1.807, 2.05) is 18.5 Å². The molecule has 3 nitrogen and oxygen atoms in total. The van der Waals surface area contributed by atoms with Crippen LogP contribution in [0.15, 0.2) is 24.5 Å². The fourth-order valence-electron chi connectivity index (χ4n) is 3.03. The second kappa shape index (κ2) is 7.01. The maximum atomic E-state index is 4.20. The standard InChI is InChI=1S/C16H27N3/c1-4-19-10-7-15(8-11-19)13(2)18-14(3)16-6-5-9-17-12-16/h5-6,9,12-15,18H,4,7-8,10-11H2,1-3H3/t13?,14-/m0/s1. The average Bonchev–Trinajstić information content (AvgIpc) is 2.48. The molecule has 2 atom stereocenters. The smallest absolute Gasteiger partial charge is 0.0315 e. The van der Waals surface area contributed by atoms with Gasteiger partial charge in [0, 0.05) is 24.5 Å². The van der Waals surface area contributed by atoms with Crippen LogP contribution < -0.4 is 5.32 Å². The molecular formula is C16H27N3. The maximum Gasteiger partial charge on any atom is 0.0315 e. The fraction of sp³-hybridized carbons (Fsp3) is 0.688. The van der Waals surface area contributed by atoms with Gasteiger partial charge in [0.1, 0.15) is 0 Å². The number of nitrogens with one attached hydrogen (secondary N) is 1. The van der Waals surface area contributed by atoms with E-state index in [2.05, 4.69) is 42.0 Å². The molecule has 19 heavy (non-hydrogen) atoms. The lowest BCUT2D eigenvalue weighted by Gasteiger charge is -2.35. The molecule has 0 aromatic carbocycles. The van der Waals surface area contributed by atoms with Crippen molar-refractivity contribution < 1.29 is 0 Å². The van der Waals surface area contributed by atoms with Gasteiger partial charge < -0.3 is 10.2 Å². The Kier molecular flexibility index (Phi) is 5.34. The molecule has 0 amide bonds. The van der Waals surface area contributed by atoms with Gasteiger partial charge in [0.05, 0.1) is 0 Å². The molecule has 1 aliphatic rings. The lowest BCUT2D eigenvalue weighted by molar-refractivity contribution is 0.165. The molecule has 1 saturated heterocycles. The van der Waals surface area contributed by atoms with Crippen molar-refractivity contribution in [2.75, 3.05) is 19.6 Å². The molecule has 1 fully saturated rings. The Labute approximate surface area is 117 Å². The summed E-state index contributed by atoms with van der Waals surface area (Å²) < 4.78 is 0. The number of piperidine rings is 1. The van der Waals surface area contributed by atoms with Crippen molar-refractivity contribution in [1.29, 1.82) is 0 Å².